The van der Waals surface area contributed by atoms with Crippen molar-refractivity contribution in [3.05, 3.63) is 126 Å². The van der Waals surface area contributed by atoms with Crippen molar-refractivity contribution in [3.63, 3.8) is 0 Å². The van der Waals surface area contributed by atoms with Crippen molar-refractivity contribution < 1.29 is 31.3 Å². The van der Waals surface area contributed by atoms with Gasteiger partial charge in [0.1, 0.15) is 18.1 Å². The fraction of sp³-hybridized carbons (Fsp3) is 0.0741. The van der Waals surface area contributed by atoms with Gasteiger partial charge in [0.05, 0.1) is 12.7 Å². The van der Waals surface area contributed by atoms with Crippen LogP contribution in [0.1, 0.15) is 21.5 Å². The predicted octanol–water partition coefficient (Wildman–Crippen LogP) is 6.29. The van der Waals surface area contributed by atoms with Gasteiger partial charge in [0.2, 0.25) is 0 Å². The van der Waals surface area contributed by atoms with E-state index in [-0.39, 0.29) is 22.9 Å². The maximum Gasteiger partial charge on any atom is 2.00 e. The van der Waals surface area contributed by atoms with Gasteiger partial charge in [0.15, 0.2) is 5.78 Å². The van der Waals surface area contributed by atoms with Crippen LogP contribution in [0.15, 0.2) is 109 Å². The smallest absolute Gasteiger partial charge is 0.497 e. The molecule has 0 saturated carbocycles. The molecule has 0 unspecified atom stereocenters. The molecule has 0 atom stereocenters. The first-order chi connectivity index (χ1) is 14.8. The summed E-state index contributed by atoms with van der Waals surface area (Å²) in [6.45, 7) is 0.403. The van der Waals surface area contributed by atoms with Gasteiger partial charge in [-0.1, -0.05) is 36.4 Å². The fourth-order valence-electron chi connectivity index (χ4n) is 2.77. The Bertz CT molecular complexity index is 1020. The van der Waals surface area contributed by atoms with Crippen LogP contribution in [0.25, 0.3) is 6.08 Å². The molecule has 4 heteroatoms. The van der Waals surface area contributed by atoms with Crippen molar-refractivity contribution in [1.82, 2.24) is 0 Å². The van der Waals surface area contributed by atoms with E-state index in [0.29, 0.717) is 23.7 Å². The molecular formula is C27H24FeO3. The Hall–Kier alpha value is -3.33. The molecule has 4 aromatic carbocycles. The van der Waals surface area contributed by atoms with Gasteiger partial charge in [-0.3, -0.25) is 4.79 Å². The molecule has 0 bridgehead atoms. The average Bonchev–Trinajstić information content (AvgIpc) is 3.54. The van der Waals surface area contributed by atoms with E-state index in [4.69, 9.17) is 9.47 Å². The minimum Gasteiger partial charge on any atom is -0.497 e. The third-order valence-electron chi connectivity index (χ3n) is 4.36. The molecule has 4 rings (SSSR count). The Morgan fingerprint density at radius 1 is 0.935 bits per heavy atom. The van der Waals surface area contributed by atoms with Crippen molar-refractivity contribution in [1.29, 1.82) is 0 Å². The molecule has 0 fully saturated rings. The zero-order valence-corrected chi connectivity index (χ0v) is 18.4. The molecule has 3 nitrogen and oxygen atoms in total. The third kappa shape index (κ3) is 7.78. The SMILES string of the molecule is COc1ccc(OCc2ccccc2)c(C(=O)C=Cc2ccc[cH-]2)c1.[Fe+2].c1cc[cH-]c1. The summed E-state index contributed by atoms with van der Waals surface area (Å²) in [4.78, 5) is 12.6. The van der Waals surface area contributed by atoms with E-state index >= 15 is 0 Å². The first-order valence-electron chi connectivity index (χ1n) is 9.72. The molecule has 0 aliphatic rings. The van der Waals surface area contributed by atoms with Gasteiger partial charge in [-0.05, 0) is 23.8 Å². The number of methoxy groups -OCH3 is 1. The minimum absolute atomic E-state index is 0. The second-order valence-corrected chi connectivity index (χ2v) is 6.51. The molecule has 0 amide bonds. The van der Waals surface area contributed by atoms with Crippen LogP contribution in [0, 0.1) is 0 Å². The molecular weight excluding hydrogens is 428 g/mol. The van der Waals surface area contributed by atoms with Crippen molar-refractivity contribution in [2.24, 2.45) is 0 Å². The Kier molecular flexibility index (Phi) is 10.1. The van der Waals surface area contributed by atoms with Gasteiger partial charge < -0.3 is 9.47 Å². The second-order valence-electron chi connectivity index (χ2n) is 6.51. The number of carbonyl (C=O) groups is 1. The topological polar surface area (TPSA) is 35.5 Å². The summed E-state index contributed by atoms with van der Waals surface area (Å²) in [6, 6.07) is 32.9. The molecule has 0 N–H and O–H groups in total. The van der Waals surface area contributed by atoms with E-state index in [2.05, 4.69) is 0 Å². The van der Waals surface area contributed by atoms with Gasteiger partial charge in [-0.25, -0.2) is 12.1 Å². The van der Waals surface area contributed by atoms with Crippen LogP contribution in [0.4, 0.5) is 0 Å². The van der Waals surface area contributed by atoms with E-state index in [1.165, 1.54) is 0 Å². The van der Waals surface area contributed by atoms with Gasteiger partial charge in [-0.2, -0.15) is 42.0 Å². The van der Waals surface area contributed by atoms with Crippen molar-refractivity contribution >= 4 is 11.9 Å². The van der Waals surface area contributed by atoms with Crippen LogP contribution in [0.2, 0.25) is 0 Å². The molecule has 0 spiro atoms. The van der Waals surface area contributed by atoms with E-state index in [0.717, 1.165) is 11.1 Å². The number of benzene rings is 2. The van der Waals surface area contributed by atoms with E-state index in [1.54, 1.807) is 37.5 Å². The minimum atomic E-state index is -0.122. The van der Waals surface area contributed by atoms with Crippen LogP contribution >= 0.6 is 0 Å². The van der Waals surface area contributed by atoms with Crippen LogP contribution in [0.3, 0.4) is 0 Å². The number of ketones is 1. The van der Waals surface area contributed by atoms with Gasteiger partial charge >= 0.3 is 17.1 Å². The predicted molar refractivity (Wildman–Crippen MR) is 121 cm³/mol. The number of ether oxygens (including phenoxy) is 2. The largest absolute Gasteiger partial charge is 2.00 e. The average molecular weight is 452 g/mol. The third-order valence-corrected chi connectivity index (χ3v) is 4.36. The normalized spacial score (nSPS) is 9.97. The van der Waals surface area contributed by atoms with Gasteiger partial charge in [0.25, 0.3) is 0 Å². The maximum atomic E-state index is 12.6. The molecule has 0 saturated heterocycles. The number of allylic oxidation sites excluding steroid dienone is 1. The van der Waals surface area contributed by atoms with E-state index in [1.807, 2.05) is 84.9 Å². The van der Waals surface area contributed by atoms with Crippen molar-refractivity contribution in [3.8, 4) is 11.5 Å². The molecule has 0 radical (unpaired) electrons. The Morgan fingerprint density at radius 3 is 2.32 bits per heavy atom. The summed E-state index contributed by atoms with van der Waals surface area (Å²) in [5, 5.41) is 0. The standard InChI is InChI=1S/C22H19O3.C5H5.Fe/c1-24-19-12-14-22(25-16-18-9-3-2-4-10-18)20(15-19)21(23)13-11-17-7-5-6-8-17;1-2-4-5-3-1;/h2-15H,16H2,1H3;1-5H;/q2*-1;+2. The molecule has 0 aromatic heterocycles. The van der Waals surface area contributed by atoms with E-state index in [9.17, 15) is 4.79 Å². The van der Waals surface area contributed by atoms with Crippen LogP contribution in [-0.2, 0) is 23.7 Å². The summed E-state index contributed by atoms with van der Waals surface area (Å²) in [7, 11) is 1.58. The first kappa shape index (κ1) is 23.9. The number of hydrogen-bond donors (Lipinski definition) is 0. The monoisotopic (exact) mass is 452 g/mol. The van der Waals surface area contributed by atoms with Crippen LogP contribution in [0.5, 0.6) is 11.5 Å². The zero-order chi connectivity index (χ0) is 21.0. The van der Waals surface area contributed by atoms with Crippen molar-refractivity contribution in [2.45, 2.75) is 6.61 Å². The first-order valence-corrected chi connectivity index (χ1v) is 9.72. The second kappa shape index (κ2) is 13.1. The number of rotatable bonds is 7. The summed E-state index contributed by atoms with van der Waals surface area (Å²) >= 11 is 0. The zero-order valence-electron chi connectivity index (χ0n) is 17.3. The Balaban J connectivity index is 0.000000501. The summed E-state index contributed by atoms with van der Waals surface area (Å²) in [5.41, 5.74) is 2.52. The van der Waals surface area contributed by atoms with Gasteiger partial charge in [0, 0.05) is 0 Å². The molecule has 0 aliphatic heterocycles. The molecule has 4 aromatic rings. The molecule has 0 heterocycles. The van der Waals surface area contributed by atoms with E-state index < -0.39 is 0 Å². The Morgan fingerprint density at radius 2 is 1.71 bits per heavy atom. The summed E-state index contributed by atoms with van der Waals surface area (Å²) in [5.74, 6) is 1.04. The number of hydrogen-bond acceptors (Lipinski definition) is 3. The quantitative estimate of drug-likeness (QED) is 0.143. The summed E-state index contributed by atoms with van der Waals surface area (Å²) in [6.07, 6.45) is 3.35. The maximum absolute atomic E-state index is 12.6. The number of carbonyl (C=O) groups excluding carboxylic acids is 1. The summed E-state index contributed by atoms with van der Waals surface area (Å²) < 4.78 is 11.1. The molecule has 158 valence electrons. The van der Waals surface area contributed by atoms with Crippen LogP contribution in [-0.4, -0.2) is 12.9 Å². The Labute approximate surface area is 194 Å². The molecule has 31 heavy (non-hydrogen) atoms. The molecule has 0 aliphatic carbocycles. The van der Waals surface area contributed by atoms with Crippen molar-refractivity contribution in [2.75, 3.05) is 7.11 Å². The van der Waals surface area contributed by atoms with Gasteiger partial charge in [-0.15, -0.1) is 12.1 Å². The fourth-order valence-corrected chi connectivity index (χ4v) is 2.77. The van der Waals surface area contributed by atoms with Crippen LogP contribution < -0.4 is 9.47 Å².